The Kier molecular flexibility index (Phi) is 2.31. The monoisotopic (exact) mass is 247 g/mol. The van der Waals surface area contributed by atoms with Crippen molar-refractivity contribution in [2.75, 3.05) is 0 Å². The zero-order valence-electron chi connectivity index (χ0n) is 8.09. The summed E-state index contributed by atoms with van der Waals surface area (Å²) in [7, 11) is 0. The Hall–Kier alpha value is -1.52. The van der Waals surface area contributed by atoms with E-state index in [1.807, 2.05) is 36.4 Å². The van der Waals surface area contributed by atoms with Crippen molar-refractivity contribution in [1.29, 1.82) is 0 Å². The molecule has 3 nitrogen and oxygen atoms in total. The number of hydrogen-bond donors (Lipinski definition) is 0. The van der Waals surface area contributed by atoms with Gasteiger partial charge in [0.05, 0.1) is 5.52 Å². The maximum absolute atomic E-state index is 5.69. The van der Waals surface area contributed by atoms with E-state index in [0.29, 0.717) is 0 Å². The highest BCUT2D eigenvalue weighted by Crippen LogP contribution is 2.23. The lowest BCUT2D eigenvalue weighted by atomic mass is 10.2. The van der Waals surface area contributed by atoms with Crippen molar-refractivity contribution in [2.45, 2.75) is 0 Å². The molecule has 1 aromatic carbocycles. The second-order valence-corrected chi connectivity index (χ2v) is 4.35. The average Bonchev–Trinajstić information content (AvgIpc) is 2.75. The van der Waals surface area contributed by atoms with Gasteiger partial charge in [0.25, 0.3) is 0 Å². The Labute approximate surface area is 101 Å². The number of nitrogens with zero attached hydrogens (tertiary/aromatic N) is 3. The van der Waals surface area contributed by atoms with Crippen LogP contribution in [-0.4, -0.2) is 14.3 Å². The van der Waals surface area contributed by atoms with Crippen LogP contribution >= 0.6 is 23.1 Å². The predicted octanol–water partition coefficient (Wildman–Crippen LogP) is 3.41. The summed E-state index contributed by atoms with van der Waals surface area (Å²) in [6, 6.07) is 11.9. The van der Waals surface area contributed by atoms with E-state index in [1.165, 1.54) is 11.5 Å². The van der Waals surface area contributed by atoms with Crippen LogP contribution in [0.15, 0.2) is 36.4 Å². The van der Waals surface area contributed by atoms with Gasteiger partial charge in [0, 0.05) is 5.39 Å². The van der Waals surface area contributed by atoms with Crippen LogP contribution < -0.4 is 0 Å². The van der Waals surface area contributed by atoms with Crippen molar-refractivity contribution in [3.63, 3.8) is 0 Å². The fourth-order valence-electron chi connectivity index (χ4n) is 1.49. The van der Waals surface area contributed by atoms with Crippen LogP contribution in [-0.2, 0) is 0 Å². The molecule has 16 heavy (non-hydrogen) atoms. The zero-order valence-corrected chi connectivity index (χ0v) is 9.66. The Morgan fingerprint density at radius 2 is 1.88 bits per heavy atom. The van der Waals surface area contributed by atoms with Gasteiger partial charge in [-0.15, -0.1) is 0 Å². The first-order valence-corrected chi connectivity index (χ1v) is 5.83. The van der Waals surface area contributed by atoms with Crippen molar-refractivity contribution in [3.8, 4) is 10.7 Å². The number of rotatable bonds is 1. The molecule has 2 aromatic heterocycles. The third-order valence-electron chi connectivity index (χ3n) is 2.22. The fourth-order valence-corrected chi connectivity index (χ4v) is 2.27. The van der Waals surface area contributed by atoms with E-state index in [0.717, 1.165) is 21.6 Å². The molecule has 0 saturated heterocycles. The normalized spacial score (nSPS) is 10.8. The summed E-state index contributed by atoms with van der Waals surface area (Å²) in [6.45, 7) is 0. The number of para-hydroxylation sites is 1. The number of hydrogen-bond acceptors (Lipinski definition) is 4. The molecule has 0 bridgehead atoms. The number of fused-ring (bicyclic) bond motifs is 1. The molecule has 0 unspecified atom stereocenters. The minimum absolute atomic E-state index is 0.273. The highest BCUT2D eigenvalue weighted by molar-refractivity contribution is 7.09. The molecule has 0 spiro atoms. The van der Waals surface area contributed by atoms with E-state index in [1.54, 1.807) is 0 Å². The van der Waals surface area contributed by atoms with Gasteiger partial charge in [-0.1, -0.05) is 24.3 Å². The molecular weight excluding hydrogens is 242 g/mol. The lowest BCUT2D eigenvalue weighted by Gasteiger charge is -1.98. The molecule has 3 aromatic rings. The molecule has 0 saturated carbocycles. The molecule has 78 valence electrons. The zero-order chi connectivity index (χ0) is 11.0. The highest BCUT2D eigenvalue weighted by atomic mass is 35.5. The van der Waals surface area contributed by atoms with E-state index in [9.17, 15) is 0 Å². The molecule has 5 heteroatoms. The largest absolute Gasteiger partial charge is 0.245 e. The minimum atomic E-state index is 0.273. The van der Waals surface area contributed by atoms with Crippen LogP contribution in [0.25, 0.3) is 21.6 Å². The molecule has 2 heterocycles. The van der Waals surface area contributed by atoms with Crippen molar-refractivity contribution in [1.82, 2.24) is 14.3 Å². The van der Waals surface area contributed by atoms with Gasteiger partial charge in [0.15, 0.2) is 5.01 Å². The van der Waals surface area contributed by atoms with E-state index in [4.69, 9.17) is 11.6 Å². The SMILES string of the molecule is Clc1nsc(-c2ccc3ccccc3n2)n1. The van der Waals surface area contributed by atoms with Crippen molar-refractivity contribution in [3.05, 3.63) is 41.7 Å². The van der Waals surface area contributed by atoms with Crippen LogP contribution in [0.5, 0.6) is 0 Å². The quantitative estimate of drug-likeness (QED) is 0.662. The van der Waals surface area contributed by atoms with E-state index < -0.39 is 0 Å². The average molecular weight is 248 g/mol. The van der Waals surface area contributed by atoms with Crippen LogP contribution in [0.4, 0.5) is 0 Å². The van der Waals surface area contributed by atoms with Crippen molar-refractivity contribution in [2.24, 2.45) is 0 Å². The van der Waals surface area contributed by atoms with Gasteiger partial charge in [-0.3, -0.25) is 0 Å². The standard InChI is InChI=1S/C11H6ClN3S/c12-11-14-10(16-15-11)9-6-5-7-3-1-2-4-8(7)13-9/h1-6H. The summed E-state index contributed by atoms with van der Waals surface area (Å²) in [5.41, 5.74) is 1.76. The number of aromatic nitrogens is 3. The lowest BCUT2D eigenvalue weighted by molar-refractivity contribution is 1.30. The number of benzene rings is 1. The van der Waals surface area contributed by atoms with Crippen LogP contribution in [0.3, 0.4) is 0 Å². The Balaban J connectivity index is 2.18. The summed E-state index contributed by atoms with van der Waals surface area (Å²) in [5, 5.41) is 2.13. The molecule has 0 fully saturated rings. The van der Waals surface area contributed by atoms with Gasteiger partial charge < -0.3 is 0 Å². The molecule has 0 amide bonds. The first kappa shape index (κ1) is 9.69. The number of pyridine rings is 1. The third-order valence-corrected chi connectivity index (χ3v) is 3.23. The second-order valence-electron chi connectivity index (χ2n) is 3.26. The van der Waals surface area contributed by atoms with Gasteiger partial charge in [0.2, 0.25) is 5.28 Å². The smallest absolute Gasteiger partial charge is 0.234 e. The molecule has 0 N–H and O–H groups in total. The Bertz CT molecular complexity index is 650. The fraction of sp³-hybridized carbons (Fsp3) is 0. The van der Waals surface area contributed by atoms with E-state index in [-0.39, 0.29) is 5.28 Å². The Morgan fingerprint density at radius 3 is 2.69 bits per heavy atom. The predicted molar refractivity (Wildman–Crippen MR) is 65.7 cm³/mol. The van der Waals surface area contributed by atoms with Gasteiger partial charge in [0.1, 0.15) is 5.69 Å². The highest BCUT2D eigenvalue weighted by Gasteiger charge is 2.06. The van der Waals surface area contributed by atoms with Crippen LogP contribution in [0.2, 0.25) is 5.28 Å². The van der Waals surface area contributed by atoms with E-state index >= 15 is 0 Å². The van der Waals surface area contributed by atoms with Crippen LogP contribution in [0.1, 0.15) is 0 Å². The molecule has 0 atom stereocenters. The Morgan fingerprint density at radius 1 is 1.00 bits per heavy atom. The minimum Gasteiger partial charge on any atom is -0.245 e. The molecule has 0 aliphatic rings. The van der Waals surface area contributed by atoms with Crippen molar-refractivity contribution < 1.29 is 0 Å². The molecule has 3 rings (SSSR count). The maximum atomic E-state index is 5.69. The first-order chi connectivity index (χ1) is 7.83. The first-order valence-electron chi connectivity index (χ1n) is 4.68. The van der Waals surface area contributed by atoms with Crippen LogP contribution in [0, 0.1) is 0 Å². The van der Waals surface area contributed by atoms with Gasteiger partial charge in [-0.2, -0.15) is 4.37 Å². The summed E-state index contributed by atoms with van der Waals surface area (Å²) in [4.78, 5) is 8.61. The summed E-state index contributed by atoms with van der Waals surface area (Å²) in [6.07, 6.45) is 0. The second kappa shape index (κ2) is 3.81. The molecule has 0 aliphatic carbocycles. The molecule has 0 aliphatic heterocycles. The van der Waals surface area contributed by atoms with E-state index in [2.05, 4.69) is 14.3 Å². The summed E-state index contributed by atoms with van der Waals surface area (Å²) in [5.74, 6) is 0. The third kappa shape index (κ3) is 1.66. The maximum Gasteiger partial charge on any atom is 0.234 e. The number of halogens is 1. The van der Waals surface area contributed by atoms with Gasteiger partial charge >= 0.3 is 0 Å². The topological polar surface area (TPSA) is 38.7 Å². The molecular formula is C11H6ClN3S. The molecule has 0 radical (unpaired) electrons. The summed E-state index contributed by atoms with van der Waals surface area (Å²) < 4.78 is 3.93. The van der Waals surface area contributed by atoms with Crippen molar-refractivity contribution >= 4 is 34.0 Å². The lowest BCUT2D eigenvalue weighted by Crippen LogP contribution is -1.83. The van der Waals surface area contributed by atoms with Gasteiger partial charge in [-0.05, 0) is 35.3 Å². The van der Waals surface area contributed by atoms with Gasteiger partial charge in [-0.25, -0.2) is 9.97 Å². The summed E-state index contributed by atoms with van der Waals surface area (Å²) >= 11 is 6.94.